The predicted molar refractivity (Wildman–Crippen MR) is 78.3 cm³/mol. The van der Waals surface area contributed by atoms with Crippen molar-refractivity contribution in [3.05, 3.63) is 34.3 Å². The predicted octanol–water partition coefficient (Wildman–Crippen LogP) is 2.83. The maximum absolute atomic E-state index is 13.7. The molecule has 0 amide bonds. The van der Waals surface area contributed by atoms with Gasteiger partial charge >= 0.3 is 5.97 Å². The van der Waals surface area contributed by atoms with Crippen molar-refractivity contribution in [2.75, 3.05) is 19.9 Å². The monoisotopic (exact) mass is 315 g/mol. The minimum absolute atomic E-state index is 0.189. The molecule has 1 aliphatic rings. The van der Waals surface area contributed by atoms with Crippen molar-refractivity contribution in [2.24, 2.45) is 5.73 Å². The lowest BCUT2D eigenvalue weighted by Gasteiger charge is -2.35. The van der Waals surface area contributed by atoms with Crippen LogP contribution in [0.3, 0.4) is 0 Å². The molecule has 0 aromatic heterocycles. The quantitative estimate of drug-likeness (QED) is 0.876. The molecule has 4 nitrogen and oxygen atoms in total. The van der Waals surface area contributed by atoms with Gasteiger partial charge in [-0.3, -0.25) is 9.18 Å². The van der Waals surface area contributed by atoms with E-state index in [4.69, 9.17) is 27.2 Å². The van der Waals surface area contributed by atoms with Crippen LogP contribution in [0.25, 0.3) is 0 Å². The smallest absolute Gasteiger partial charge is 0.305 e. The van der Waals surface area contributed by atoms with Crippen molar-refractivity contribution >= 4 is 17.6 Å². The molecule has 116 valence electrons. The summed E-state index contributed by atoms with van der Waals surface area (Å²) in [6.45, 7) is 0.518. The first-order valence-corrected chi connectivity index (χ1v) is 7.27. The number of carboxylic acid groups (broad SMARTS) is 1. The van der Waals surface area contributed by atoms with Gasteiger partial charge in [-0.2, -0.15) is 0 Å². The topological polar surface area (TPSA) is 72.6 Å². The second-order valence-corrected chi connectivity index (χ2v) is 5.94. The minimum Gasteiger partial charge on any atom is -0.481 e. The van der Waals surface area contributed by atoms with E-state index >= 15 is 0 Å². The molecule has 1 unspecified atom stereocenters. The summed E-state index contributed by atoms with van der Waals surface area (Å²) in [7, 11) is 0. The summed E-state index contributed by atoms with van der Waals surface area (Å²) in [6, 6.07) is 4.51. The lowest BCUT2D eigenvalue weighted by atomic mass is 9.74. The van der Waals surface area contributed by atoms with E-state index in [1.165, 1.54) is 0 Å². The number of carbonyl (C=O) groups is 1. The van der Waals surface area contributed by atoms with Gasteiger partial charge in [0.05, 0.1) is 13.1 Å². The number of benzene rings is 1. The van der Waals surface area contributed by atoms with E-state index < -0.39 is 24.1 Å². The Balaban J connectivity index is 2.35. The van der Waals surface area contributed by atoms with Crippen molar-refractivity contribution in [3.63, 3.8) is 0 Å². The SMILES string of the molecule is NC(CC(=O)O)c1cc(Cl)cc(C2(CF)CCOCC2)c1. The Morgan fingerprint density at radius 1 is 1.43 bits per heavy atom. The molecule has 1 saturated heterocycles. The highest BCUT2D eigenvalue weighted by Crippen LogP contribution is 2.37. The van der Waals surface area contributed by atoms with Crippen molar-refractivity contribution in [1.29, 1.82) is 0 Å². The van der Waals surface area contributed by atoms with E-state index in [0.29, 0.717) is 36.6 Å². The fourth-order valence-corrected chi connectivity index (χ4v) is 2.94. The van der Waals surface area contributed by atoms with E-state index in [1.807, 2.05) is 0 Å². The molecule has 0 radical (unpaired) electrons. The van der Waals surface area contributed by atoms with Gasteiger partial charge in [-0.05, 0) is 36.1 Å². The molecule has 6 heteroatoms. The van der Waals surface area contributed by atoms with Gasteiger partial charge in [0, 0.05) is 29.7 Å². The van der Waals surface area contributed by atoms with Crippen LogP contribution in [0.1, 0.15) is 36.4 Å². The maximum Gasteiger partial charge on any atom is 0.305 e. The summed E-state index contributed by atoms with van der Waals surface area (Å²) in [5.41, 5.74) is 6.68. The lowest BCUT2D eigenvalue weighted by Crippen LogP contribution is -2.36. The molecule has 1 aromatic rings. The molecule has 1 atom stereocenters. The number of ether oxygens (including phenoxy) is 1. The summed E-state index contributed by atoms with van der Waals surface area (Å²) in [6.07, 6.45) is 0.973. The summed E-state index contributed by atoms with van der Waals surface area (Å²) in [5.74, 6) is -0.977. The number of alkyl halides is 1. The molecule has 0 saturated carbocycles. The normalized spacial score (nSPS) is 19.2. The lowest BCUT2D eigenvalue weighted by molar-refractivity contribution is -0.137. The molecular weight excluding hydrogens is 297 g/mol. The standard InChI is InChI=1S/C15H19ClFNO3/c16-12-6-10(13(18)8-14(19)20)5-11(7-12)15(9-17)1-3-21-4-2-15/h5-7,13H,1-4,8-9,18H2,(H,19,20). The number of hydrogen-bond acceptors (Lipinski definition) is 3. The molecule has 0 bridgehead atoms. The van der Waals surface area contributed by atoms with Gasteiger partial charge in [-0.1, -0.05) is 17.7 Å². The third-order valence-corrected chi connectivity index (χ3v) is 4.28. The highest BCUT2D eigenvalue weighted by atomic mass is 35.5. The Kier molecular flexibility index (Phi) is 5.19. The van der Waals surface area contributed by atoms with Gasteiger partial charge in [0.1, 0.15) is 0 Å². The van der Waals surface area contributed by atoms with Crippen LogP contribution in [-0.2, 0) is 14.9 Å². The van der Waals surface area contributed by atoms with E-state index in [2.05, 4.69) is 0 Å². The number of carboxylic acids is 1. The molecule has 1 fully saturated rings. The van der Waals surface area contributed by atoms with Gasteiger partial charge in [-0.15, -0.1) is 0 Å². The number of halogens is 2. The Morgan fingerprint density at radius 2 is 2.10 bits per heavy atom. The summed E-state index contributed by atoms with van der Waals surface area (Å²) < 4.78 is 19.0. The van der Waals surface area contributed by atoms with Crippen LogP contribution >= 0.6 is 11.6 Å². The molecule has 1 aliphatic heterocycles. The average molecular weight is 316 g/mol. The number of hydrogen-bond donors (Lipinski definition) is 2. The largest absolute Gasteiger partial charge is 0.481 e. The van der Waals surface area contributed by atoms with Crippen LogP contribution in [0, 0.1) is 0 Å². The van der Waals surface area contributed by atoms with Gasteiger partial charge in [0.15, 0.2) is 0 Å². The Morgan fingerprint density at radius 3 is 2.67 bits per heavy atom. The van der Waals surface area contributed by atoms with Gasteiger partial charge in [-0.25, -0.2) is 0 Å². The maximum atomic E-state index is 13.7. The van der Waals surface area contributed by atoms with Gasteiger partial charge in [0.25, 0.3) is 0 Å². The third-order valence-electron chi connectivity index (χ3n) is 4.06. The molecule has 3 N–H and O–H groups in total. The molecule has 21 heavy (non-hydrogen) atoms. The zero-order chi connectivity index (χ0) is 15.5. The van der Waals surface area contributed by atoms with Crippen molar-refractivity contribution in [2.45, 2.75) is 30.7 Å². The van der Waals surface area contributed by atoms with E-state index in [-0.39, 0.29) is 6.42 Å². The minimum atomic E-state index is -0.977. The van der Waals surface area contributed by atoms with Crippen LogP contribution in [0.4, 0.5) is 4.39 Å². The molecule has 2 rings (SSSR count). The summed E-state index contributed by atoms with van der Waals surface area (Å²) >= 11 is 6.11. The highest BCUT2D eigenvalue weighted by molar-refractivity contribution is 6.30. The Hall–Kier alpha value is -1.17. The fraction of sp³-hybridized carbons (Fsp3) is 0.533. The van der Waals surface area contributed by atoms with Crippen LogP contribution in [0.2, 0.25) is 5.02 Å². The highest BCUT2D eigenvalue weighted by Gasteiger charge is 2.35. The number of rotatable bonds is 5. The van der Waals surface area contributed by atoms with Crippen molar-refractivity contribution in [1.82, 2.24) is 0 Å². The van der Waals surface area contributed by atoms with Crippen molar-refractivity contribution < 1.29 is 19.0 Å². The number of aliphatic carboxylic acids is 1. The Bertz CT molecular complexity index is 518. The van der Waals surface area contributed by atoms with Crippen LogP contribution in [0.15, 0.2) is 18.2 Å². The third kappa shape index (κ3) is 3.73. The second kappa shape index (κ2) is 6.73. The van der Waals surface area contributed by atoms with Crippen LogP contribution < -0.4 is 5.73 Å². The van der Waals surface area contributed by atoms with Crippen molar-refractivity contribution in [3.8, 4) is 0 Å². The van der Waals surface area contributed by atoms with E-state index in [9.17, 15) is 9.18 Å². The average Bonchev–Trinajstić information content (AvgIpc) is 2.46. The van der Waals surface area contributed by atoms with E-state index in [0.717, 1.165) is 5.56 Å². The first kappa shape index (κ1) is 16.2. The molecule has 0 aliphatic carbocycles. The zero-order valence-corrected chi connectivity index (χ0v) is 12.4. The molecular formula is C15H19ClFNO3. The molecule has 1 heterocycles. The molecule has 0 spiro atoms. The molecule has 1 aromatic carbocycles. The van der Waals surface area contributed by atoms with E-state index in [1.54, 1.807) is 18.2 Å². The second-order valence-electron chi connectivity index (χ2n) is 5.50. The first-order valence-electron chi connectivity index (χ1n) is 6.89. The van der Waals surface area contributed by atoms with Gasteiger partial charge in [0.2, 0.25) is 0 Å². The summed E-state index contributed by atoms with van der Waals surface area (Å²) in [4.78, 5) is 10.8. The first-order chi connectivity index (χ1) is 9.97. The zero-order valence-electron chi connectivity index (χ0n) is 11.6. The van der Waals surface area contributed by atoms with Gasteiger partial charge < -0.3 is 15.6 Å². The Labute approximate surface area is 128 Å². The number of nitrogens with two attached hydrogens (primary N) is 1. The van der Waals surface area contributed by atoms with Crippen LogP contribution in [0.5, 0.6) is 0 Å². The van der Waals surface area contributed by atoms with Crippen LogP contribution in [-0.4, -0.2) is 31.0 Å². The fourth-order valence-electron chi connectivity index (χ4n) is 2.70. The summed E-state index contributed by atoms with van der Waals surface area (Å²) in [5, 5.41) is 9.29.